The molecule has 0 saturated carbocycles. The van der Waals surface area contributed by atoms with Gasteiger partial charge in [-0.25, -0.2) is 9.98 Å². The molecule has 0 radical (unpaired) electrons. The van der Waals surface area contributed by atoms with Gasteiger partial charge >= 0.3 is 0 Å². The van der Waals surface area contributed by atoms with E-state index in [-0.39, 0.29) is 24.0 Å². The molecule has 1 fully saturated rings. The summed E-state index contributed by atoms with van der Waals surface area (Å²) in [6.07, 6.45) is 1.85. The van der Waals surface area contributed by atoms with Gasteiger partial charge in [0, 0.05) is 44.9 Å². The summed E-state index contributed by atoms with van der Waals surface area (Å²) in [5.41, 5.74) is 8.48. The molecule has 1 aromatic carbocycles. The molecular weight excluding hydrogens is 449 g/mol. The number of nitrogens with zero attached hydrogens (tertiary/aromatic N) is 4. The first-order valence-electron chi connectivity index (χ1n) is 8.02. The number of aliphatic imine (C=N–C) groups is 1. The number of piperazine rings is 1. The van der Waals surface area contributed by atoms with Crippen LogP contribution >= 0.6 is 35.3 Å². The van der Waals surface area contributed by atoms with E-state index in [1.54, 1.807) is 18.4 Å². The van der Waals surface area contributed by atoms with E-state index in [0.29, 0.717) is 19.1 Å². The number of anilines is 1. The molecule has 3 rings (SSSR count). The largest absolute Gasteiger partial charge is 0.380 e. The fourth-order valence-electron chi connectivity index (χ4n) is 2.76. The third-order valence-corrected chi connectivity index (χ3v) is 4.85. The Morgan fingerprint density at radius 2 is 2.04 bits per heavy atom. The SMILES string of the molecule is COCc1cccc(CN=C(N)N2CCN(c3nccs3)CC2)c1.I. The van der Waals surface area contributed by atoms with Crippen LogP contribution in [0.15, 0.2) is 40.8 Å². The van der Waals surface area contributed by atoms with Crippen molar-refractivity contribution in [3.8, 4) is 0 Å². The fourth-order valence-corrected chi connectivity index (χ4v) is 3.45. The number of nitrogens with two attached hydrogens (primary N) is 1. The number of thiazole rings is 1. The lowest BCUT2D eigenvalue weighted by atomic mass is 10.1. The molecule has 0 bridgehead atoms. The summed E-state index contributed by atoms with van der Waals surface area (Å²) >= 11 is 1.68. The van der Waals surface area contributed by atoms with Crippen LogP contribution in [0.2, 0.25) is 0 Å². The van der Waals surface area contributed by atoms with Crippen molar-refractivity contribution in [1.29, 1.82) is 0 Å². The zero-order chi connectivity index (χ0) is 16.8. The van der Waals surface area contributed by atoms with E-state index in [1.165, 1.54) is 0 Å². The number of guanidine groups is 1. The Morgan fingerprint density at radius 3 is 2.72 bits per heavy atom. The van der Waals surface area contributed by atoms with Gasteiger partial charge in [0.25, 0.3) is 0 Å². The molecule has 136 valence electrons. The molecule has 0 unspecified atom stereocenters. The Hall–Kier alpha value is -1.39. The molecule has 0 spiro atoms. The van der Waals surface area contributed by atoms with Gasteiger partial charge in [0.05, 0.1) is 13.2 Å². The number of rotatable bonds is 5. The maximum atomic E-state index is 6.18. The van der Waals surface area contributed by atoms with E-state index in [2.05, 4.69) is 38.0 Å². The van der Waals surface area contributed by atoms with Crippen molar-refractivity contribution in [2.45, 2.75) is 13.2 Å². The van der Waals surface area contributed by atoms with Crippen molar-refractivity contribution in [3.63, 3.8) is 0 Å². The van der Waals surface area contributed by atoms with Crippen LogP contribution in [-0.2, 0) is 17.9 Å². The van der Waals surface area contributed by atoms with Gasteiger partial charge in [-0.2, -0.15) is 0 Å². The minimum Gasteiger partial charge on any atom is -0.380 e. The van der Waals surface area contributed by atoms with Gasteiger partial charge in [-0.1, -0.05) is 24.3 Å². The zero-order valence-corrected chi connectivity index (χ0v) is 17.4. The minimum atomic E-state index is 0. The van der Waals surface area contributed by atoms with Crippen LogP contribution in [0.4, 0.5) is 5.13 Å². The van der Waals surface area contributed by atoms with Crippen LogP contribution in [0, 0.1) is 0 Å². The highest BCUT2D eigenvalue weighted by molar-refractivity contribution is 14.0. The second kappa shape index (κ2) is 9.93. The van der Waals surface area contributed by atoms with Crippen molar-refractivity contribution in [2.24, 2.45) is 10.7 Å². The van der Waals surface area contributed by atoms with Crippen LogP contribution in [0.3, 0.4) is 0 Å². The average molecular weight is 473 g/mol. The predicted molar refractivity (Wildman–Crippen MR) is 114 cm³/mol. The first-order valence-corrected chi connectivity index (χ1v) is 8.90. The summed E-state index contributed by atoms with van der Waals surface area (Å²) in [6, 6.07) is 8.26. The van der Waals surface area contributed by atoms with Gasteiger partial charge in [-0.05, 0) is 11.1 Å². The maximum Gasteiger partial charge on any atom is 0.191 e. The van der Waals surface area contributed by atoms with Gasteiger partial charge in [0.2, 0.25) is 0 Å². The zero-order valence-electron chi connectivity index (χ0n) is 14.3. The van der Waals surface area contributed by atoms with Crippen LogP contribution in [0.25, 0.3) is 0 Å². The standard InChI is InChI=1S/C17H23N5OS.HI/c1-23-13-15-4-2-3-14(11-15)12-20-16(18)21-6-8-22(9-7-21)17-19-5-10-24-17;/h2-5,10-11H,6-9,12-13H2,1H3,(H2,18,20);1H. The summed E-state index contributed by atoms with van der Waals surface area (Å²) in [6.45, 7) is 4.80. The second-order valence-corrected chi connectivity index (χ2v) is 6.59. The van der Waals surface area contributed by atoms with E-state index >= 15 is 0 Å². The van der Waals surface area contributed by atoms with Crippen LogP contribution < -0.4 is 10.6 Å². The minimum absolute atomic E-state index is 0. The molecule has 25 heavy (non-hydrogen) atoms. The molecule has 0 atom stereocenters. The van der Waals surface area contributed by atoms with Crippen molar-refractivity contribution in [3.05, 3.63) is 47.0 Å². The number of benzene rings is 1. The molecule has 1 aromatic heterocycles. The Labute approximate surface area is 169 Å². The van der Waals surface area contributed by atoms with Crippen molar-refractivity contribution < 1.29 is 4.74 Å². The van der Waals surface area contributed by atoms with E-state index in [9.17, 15) is 0 Å². The van der Waals surface area contributed by atoms with Crippen LogP contribution in [0.5, 0.6) is 0 Å². The molecule has 1 saturated heterocycles. The average Bonchev–Trinajstić information content (AvgIpc) is 3.15. The molecule has 2 aromatic rings. The summed E-state index contributed by atoms with van der Waals surface area (Å²) in [7, 11) is 1.70. The topological polar surface area (TPSA) is 67.0 Å². The Balaban J connectivity index is 0.00000225. The maximum absolute atomic E-state index is 6.18. The number of aromatic nitrogens is 1. The Bertz CT molecular complexity index is 671. The molecule has 0 amide bonds. The smallest absolute Gasteiger partial charge is 0.191 e. The summed E-state index contributed by atoms with van der Waals surface area (Å²) < 4.78 is 5.17. The van der Waals surface area contributed by atoms with Crippen molar-refractivity contribution in [1.82, 2.24) is 9.88 Å². The summed E-state index contributed by atoms with van der Waals surface area (Å²) in [4.78, 5) is 13.4. The number of hydrogen-bond donors (Lipinski definition) is 1. The molecule has 0 aliphatic carbocycles. The van der Waals surface area contributed by atoms with E-state index in [1.807, 2.05) is 17.6 Å². The summed E-state index contributed by atoms with van der Waals surface area (Å²) in [5.74, 6) is 0.617. The van der Waals surface area contributed by atoms with Gasteiger partial charge in [-0.15, -0.1) is 35.3 Å². The Morgan fingerprint density at radius 1 is 1.28 bits per heavy atom. The van der Waals surface area contributed by atoms with Gasteiger partial charge in [0.1, 0.15) is 0 Å². The number of ether oxygens (including phenoxy) is 1. The highest BCUT2D eigenvalue weighted by atomic mass is 127. The molecule has 8 heteroatoms. The normalized spacial score (nSPS) is 15.2. The van der Waals surface area contributed by atoms with Crippen molar-refractivity contribution >= 4 is 46.4 Å². The highest BCUT2D eigenvalue weighted by Gasteiger charge is 2.19. The van der Waals surface area contributed by atoms with Gasteiger partial charge in [-0.3, -0.25) is 0 Å². The van der Waals surface area contributed by atoms with E-state index < -0.39 is 0 Å². The van der Waals surface area contributed by atoms with Gasteiger partial charge < -0.3 is 20.3 Å². The first-order chi connectivity index (χ1) is 11.8. The molecular formula is C17H24IN5OS. The lowest BCUT2D eigenvalue weighted by Gasteiger charge is -2.35. The highest BCUT2D eigenvalue weighted by Crippen LogP contribution is 2.18. The quantitative estimate of drug-likeness (QED) is 0.411. The molecule has 1 aliphatic heterocycles. The van der Waals surface area contributed by atoms with Crippen LogP contribution in [-0.4, -0.2) is 49.1 Å². The third-order valence-electron chi connectivity index (χ3n) is 4.02. The number of halogens is 1. The molecule has 6 nitrogen and oxygen atoms in total. The molecule has 1 aliphatic rings. The first kappa shape index (κ1) is 19.9. The van der Waals surface area contributed by atoms with E-state index in [4.69, 9.17) is 10.5 Å². The molecule has 2 N–H and O–H groups in total. The predicted octanol–water partition coefficient (Wildman–Crippen LogP) is 2.54. The van der Waals surface area contributed by atoms with E-state index in [0.717, 1.165) is 42.4 Å². The third kappa shape index (κ3) is 5.55. The monoisotopic (exact) mass is 473 g/mol. The van der Waals surface area contributed by atoms with Gasteiger partial charge in [0.15, 0.2) is 11.1 Å². The number of methoxy groups -OCH3 is 1. The van der Waals surface area contributed by atoms with Crippen LogP contribution in [0.1, 0.15) is 11.1 Å². The molecule has 2 heterocycles. The lowest BCUT2D eigenvalue weighted by Crippen LogP contribution is -2.51. The fraction of sp³-hybridized carbons (Fsp3) is 0.412. The number of hydrogen-bond acceptors (Lipinski definition) is 5. The van der Waals surface area contributed by atoms with Crippen molar-refractivity contribution in [2.75, 3.05) is 38.2 Å². The summed E-state index contributed by atoms with van der Waals surface area (Å²) in [5, 5.41) is 3.09. The Kier molecular flexibility index (Phi) is 7.91. The lowest BCUT2D eigenvalue weighted by molar-refractivity contribution is 0.185. The second-order valence-electron chi connectivity index (χ2n) is 5.72.